The summed E-state index contributed by atoms with van der Waals surface area (Å²) in [5.74, 6) is -0.0921. The molecule has 1 aliphatic heterocycles. The van der Waals surface area contributed by atoms with Crippen molar-refractivity contribution in [1.29, 1.82) is 0 Å². The molecule has 2 N–H and O–H groups in total. The Bertz CT molecular complexity index is 1270. The maximum Gasteiger partial charge on any atom is 0.277 e. The van der Waals surface area contributed by atoms with E-state index < -0.39 is 0 Å². The fourth-order valence-electron chi connectivity index (χ4n) is 4.41. The Labute approximate surface area is 185 Å². The molecule has 1 saturated carbocycles. The Balaban J connectivity index is 1.49. The first kappa shape index (κ1) is 20.5. The zero-order valence-corrected chi connectivity index (χ0v) is 18.4. The largest absolute Gasteiger partial charge is 0.343 e. The molecule has 1 aromatic carbocycles. The number of anilines is 1. The maximum atomic E-state index is 13.6. The van der Waals surface area contributed by atoms with Crippen LogP contribution in [-0.2, 0) is 4.79 Å². The van der Waals surface area contributed by atoms with Crippen LogP contribution in [0.3, 0.4) is 0 Å². The molecule has 0 spiro atoms. The summed E-state index contributed by atoms with van der Waals surface area (Å²) in [6, 6.07) is 8.82. The first-order valence-corrected chi connectivity index (χ1v) is 11.2. The topological polar surface area (TPSA) is 99.6 Å². The number of aromatic nitrogens is 3. The number of amides is 2. The first-order valence-electron chi connectivity index (χ1n) is 11.2. The number of aromatic amines is 1. The zero-order valence-electron chi connectivity index (χ0n) is 18.4. The number of carbonyl (C=O) groups excluding carboxylic acids is 2. The van der Waals surface area contributed by atoms with Gasteiger partial charge in [0, 0.05) is 29.8 Å². The van der Waals surface area contributed by atoms with Gasteiger partial charge in [-0.3, -0.25) is 14.4 Å². The lowest BCUT2D eigenvalue weighted by molar-refractivity contribution is -0.117. The van der Waals surface area contributed by atoms with Crippen molar-refractivity contribution in [2.75, 3.05) is 11.9 Å². The number of nitrogens with one attached hydrogen (secondary N) is 2. The molecule has 3 heterocycles. The van der Waals surface area contributed by atoms with E-state index in [0.29, 0.717) is 34.7 Å². The lowest BCUT2D eigenvalue weighted by atomic mass is 9.98. The van der Waals surface area contributed by atoms with Gasteiger partial charge in [-0.1, -0.05) is 12.1 Å². The highest BCUT2D eigenvalue weighted by molar-refractivity contribution is 6.04. The molecule has 0 unspecified atom stereocenters. The maximum absolute atomic E-state index is 13.6. The number of hydrogen-bond donors (Lipinski definition) is 2. The summed E-state index contributed by atoms with van der Waals surface area (Å²) in [5.41, 5.74) is 3.66. The van der Waals surface area contributed by atoms with Gasteiger partial charge in [0.05, 0.1) is 23.0 Å². The number of carbonyl (C=O) groups is 2. The van der Waals surface area contributed by atoms with Crippen LogP contribution in [-0.4, -0.2) is 37.9 Å². The third-order valence-corrected chi connectivity index (χ3v) is 6.59. The van der Waals surface area contributed by atoms with Gasteiger partial charge in [-0.15, -0.1) is 0 Å². The zero-order chi connectivity index (χ0) is 22.4. The number of aryl methyl sites for hydroxylation is 1. The Hall–Kier alpha value is -3.42. The van der Waals surface area contributed by atoms with Crippen LogP contribution in [0.4, 0.5) is 5.69 Å². The molecular weight excluding hydrogens is 406 g/mol. The van der Waals surface area contributed by atoms with Crippen molar-refractivity contribution in [3.63, 3.8) is 0 Å². The van der Waals surface area contributed by atoms with Crippen LogP contribution in [0.5, 0.6) is 0 Å². The molecule has 1 aliphatic carbocycles. The van der Waals surface area contributed by atoms with Crippen molar-refractivity contribution in [1.82, 2.24) is 19.5 Å². The quantitative estimate of drug-likeness (QED) is 0.659. The molecule has 3 aromatic rings. The normalized spacial score (nSPS) is 18.7. The Morgan fingerprint density at radius 2 is 1.91 bits per heavy atom. The summed E-state index contributed by atoms with van der Waals surface area (Å²) >= 11 is 0. The van der Waals surface area contributed by atoms with Crippen molar-refractivity contribution in [3.05, 3.63) is 63.2 Å². The van der Waals surface area contributed by atoms with E-state index in [-0.39, 0.29) is 29.3 Å². The second-order valence-corrected chi connectivity index (χ2v) is 8.87. The molecule has 2 amide bonds. The minimum Gasteiger partial charge on any atom is -0.343 e. The molecule has 166 valence electrons. The number of para-hydroxylation sites is 1. The SMILES string of the molecule is Cc1[nH]c2cc([C@@H]3CCCCN3C(=O)c3ccccc3NC(=O)C3CC3)nn2c(=O)c1C. The molecule has 0 bridgehead atoms. The molecule has 8 heteroatoms. The second-order valence-electron chi connectivity index (χ2n) is 8.87. The lowest BCUT2D eigenvalue weighted by Gasteiger charge is -2.35. The van der Waals surface area contributed by atoms with E-state index in [2.05, 4.69) is 15.4 Å². The molecule has 2 fully saturated rings. The standard InChI is InChI=1S/C24H27N5O3/c1-14-15(2)25-21-13-19(27-29(21)23(14)31)20-9-5-6-12-28(20)24(32)17-7-3-4-8-18(17)26-22(30)16-10-11-16/h3-4,7-8,13,16,20,25H,5-6,9-12H2,1-2H3,(H,26,30)/t20-/m0/s1. The molecule has 5 rings (SSSR count). The van der Waals surface area contributed by atoms with Crippen LogP contribution in [0, 0.1) is 19.8 Å². The summed E-state index contributed by atoms with van der Waals surface area (Å²) in [6.07, 6.45) is 4.47. The van der Waals surface area contributed by atoms with Crippen LogP contribution >= 0.6 is 0 Å². The number of nitrogens with zero attached hydrogens (tertiary/aromatic N) is 3. The molecule has 1 atom stereocenters. The van der Waals surface area contributed by atoms with Gasteiger partial charge in [-0.05, 0) is 58.1 Å². The van der Waals surface area contributed by atoms with Gasteiger partial charge in [-0.25, -0.2) is 0 Å². The highest BCUT2D eigenvalue weighted by Crippen LogP contribution is 2.34. The molecule has 2 aliphatic rings. The predicted octanol–water partition coefficient (Wildman–Crippen LogP) is 3.36. The van der Waals surface area contributed by atoms with Gasteiger partial charge < -0.3 is 15.2 Å². The monoisotopic (exact) mass is 433 g/mol. The van der Waals surface area contributed by atoms with E-state index in [4.69, 9.17) is 0 Å². The molecule has 32 heavy (non-hydrogen) atoms. The van der Waals surface area contributed by atoms with E-state index >= 15 is 0 Å². The van der Waals surface area contributed by atoms with Gasteiger partial charge in [0.2, 0.25) is 5.91 Å². The van der Waals surface area contributed by atoms with E-state index in [9.17, 15) is 14.4 Å². The van der Waals surface area contributed by atoms with Gasteiger partial charge in [0.25, 0.3) is 11.5 Å². The number of likely N-dealkylation sites (tertiary alicyclic amines) is 1. The van der Waals surface area contributed by atoms with Gasteiger partial charge in [-0.2, -0.15) is 9.61 Å². The molecular formula is C24H27N5O3. The number of fused-ring (bicyclic) bond motifs is 1. The van der Waals surface area contributed by atoms with E-state index in [1.165, 1.54) is 4.52 Å². The average molecular weight is 434 g/mol. The Kier molecular flexibility index (Phi) is 5.07. The van der Waals surface area contributed by atoms with Gasteiger partial charge in [0.1, 0.15) is 5.65 Å². The second kappa shape index (κ2) is 7.93. The lowest BCUT2D eigenvalue weighted by Crippen LogP contribution is -2.39. The number of piperidine rings is 1. The van der Waals surface area contributed by atoms with E-state index in [1.54, 1.807) is 19.1 Å². The van der Waals surface area contributed by atoms with Crippen LogP contribution in [0.1, 0.15) is 65.5 Å². The number of H-pyrrole nitrogens is 1. The summed E-state index contributed by atoms with van der Waals surface area (Å²) in [4.78, 5) is 43.7. The highest BCUT2D eigenvalue weighted by atomic mass is 16.2. The molecule has 0 radical (unpaired) electrons. The van der Waals surface area contributed by atoms with Crippen LogP contribution < -0.4 is 10.9 Å². The van der Waals surface area contributed by atoms with Crippen molar-refractivity contribution in [2.24, 2.45) is 5.92 Å². The van der Waals surface area contributed by atoms with Crippen LogP contribution in [0.2, 0.25) is 0 Å². The third-order valence-electron chi connectivity index (χ3n) is 6.59. The molecule has 8 nitrogen and oxygen atoms in total. The summed E-state index contributed by atoms with van der Waals surface area (Å²) in [5, 5.41) is 7.51. The van der Waals surface area contributed by atoms with Crippen molar-refractivity contribution in [2.45, 2.75) is 52.0 Å². The van der Waals surface area contributed by atoms with E-state index in [0.717, 1.165) is 37.8 Å². The van der Waals surface area contributed by atoms with Crippen molar-refractivity contribution >= 4 is 23.1 Å². The Morgan fingerprint density at radius 3 is 2.69 bits per heavy atom. The number of rotatable bonds is 4. The minimum absolute atomic E-state index is 0.0231. The predicted molar refractivity (Wildman–Crippen MR) is 121 cm³/mol. The fourth-order valence-corrected chi connectivity index (χ4v) is 4.41. The summed E-state index contributed by atoms with van der Waals surface area (Å²) in [7, 11) is 0. The molecule has 1 saturated heterocycles. The first-order chi connectivity index (χ1) is 15.4. The fraction of sp³-hybridized carbons (Fsp3) is 0.417. The minimum atomic E-state index is -0.225. The molecule has 2 aromatic heterocycles. The third kappa shape index (κ3) is 3.59. The van der Waals surface area contributed by atoms with Crippen molar-refractivity contribution < 1.29 is 9.59 Å². The van der Waals surface area contributed by atoms with Gasteiger partial charge >= 0.3 is 0 Å². The van der Waals surface area contributed by atoms with E-state index in [1.807, 2.05) is 30.0 Å². The summed E-state index contributed by atoms with van der Waals surface area (Å²) in [6.45, 7) is 4.25. The smallest absolute Gasteiger partial charge is 0.277 e. The highest BCUT2D eigenvalue weighted by Gasteiger charge is 2.33. The average Bonchev–Trinajstić information content (AvgIpc) is 3.57. The van der Waals surface area contributed by atoms with Crippen LogP contribution in [0.15, 0.2) is 35.1 Å². The summed E-state index contributed by atoms with van der Waals surface area (Å²) < 4.78 is 1.39. The van der Waals surface area contributed by atoms with Crippen LogP contribution in [0.25, 0.3) is 5.65 Å². The Morgan fingerprint density at radius 1 is 1.12 bits per heavy atom. The van der Waals surface area contributed by atoms with Gasteiger partial charge in [0.15, 0.2) is 0 Å². The number of benzene rings is 1. The number of hydrogen-bond acceptors (Lipinski definition) is 4. The van der Waals surface area contributed by atoms with Crippen molar-refractivity contribution in [3.8, 4) is 0 Å².